The van der Waals surface area contributed by atoms with Crippen molar-refractivity contribution in [3.8, 4) is 0 Å². The molecule has 1 unspecified atom stereocenters. The van der Waals surface area contributed by atoms with Crippen molar-refractivity contribution in [2.24, 2.45) is 5.92 Å². The van der Waals surface area contributed by atoms with Gasteiger partial charge in [-0.15, -0.1) is 0 Å². The van der Waals surface area contributed by atoms with Crippen LogP contribution in [0.2, 0.25) is 0 Å². The molecule has 0 aromatic heterocycles. The van der Waals surface area contributed by atoms with Crippen LogP contribution in [-0.2, 0) is 0 Å². The molecular weight excluding hydrogens is 264 g/mol. The van der Waals surface area contributed by atoms with Gasteiger partial charge in [-0.25, -0.2) is 4.79 Å². The maximum Gasteiger partial charge on any atom is 0.321 e. The summed E-state index contributed by atoms with van der Waals surface area (Å²) >= 11 is 0. The fraction of sp³-hybridized carbons (Fsp3) is 0.353. The number of nitrogens with one attached hydrogen (secondary N) is 1. The van der Waals surface area contributed by atoms with Gasteiger partial charge < -0.3 is 15.3 Å². The van der Waals surface area contributed by atoms with Gasteiger partial charge in [0.1, 0.15) is 0 Å². The average Bonchev–Trinajstić information content (AvgIpc) is 2.54. The number of benzene rings is 2. The zero-order chi connectivity index (χ0) is 14.7. The number of fused-ring (bicyclic) bond motifs is 1. The summed E-state index contributed by atoms with van der Waals surface area (Å²) in [6.07, 6.45) is 1.95. The molecule has 1 aliphatic rings. The van der Waals surface area contributed by atoms with Crippen LogP contribution in [0.15, 0.2) is 42.5 Å². The van der Waals surface area contributed by atoms with Gasteiger partial charge in [0.25, 0.3) is 0 Å². The van der Waals surface area contributed by atoms with Gasteiger partial charge in [-0.2, -0.15) is 0 Å². The summed E-state index contributed by atoms with van der Waals surface area (Å²) in [7, 11) is 0. The number of nitrogens with zero attached hydrogens (tertiary/aromatic N) is 1. The maximum absolute atomic E-state index is 12.3. The van der Waals surface area contributed by atoms with Gasteiger partial charge in [0.2, 0.25) is 0 Å². The van der Waals surface area contributed by atoms with Crippen LogP contribution in [0.3, 0.4) is 0 Å². The number of hydrogen-bond donors (Lipinski definition) is 2. The van der Waals surface area contributed by atoms with E-state index in [0.29, 0.717) is 6.54 Å². The highest BCUT2D eigenvalue weighted by atomic mass is 16.3. The minimum atomic E-state index is -0.0802. The number of piperidine rings is 1. The number of hydrogen-bond acceptors (Lipinski definition) is 2. The van der Waals surface area contributed by atoms with Gasteiger partial charge in [0, 0.05) is 25.4 Å². The molecule has 1 heterocycles. The molecule has 4 nitrogen and oxygen atoms in total. The van der Waals surface area contributed by atoms with Gasteiger partial charge in [-0.05, 0) is 41.7 Å². The second-order valence-corrected chi connectivity index (χ2v) is 5.63. The summed E-state index contributed by atoms with van der Waals surface area (Å²) in [5.74, 6) is 0.209. The lowest BCUT2D eigenvalue weighted by atomic mass is 9.99. The Morgan fingerprint density at radius 3 is 2.86 bits per heavy atom. The monoisotopic (exact) mass is 284 g/mol. The molecule has 1 fully saturated rings. The maximum atomic E-state index is 12.3. The molecule has 1 saturated heterocycles. The van der Waals surface area contributed by atoms with Crippen molar-refractivity contribution in [3.05, 3.63) is 42.5 Å². The summed E-state index contributed by atoms with van der Waals surface area (Å²) in [6.45, 7) is 1.55. The van der Waals surface area contributed by atoms with Crippen LogP contribution in [0.5, 0.6) is 0 Å². The molecule has 0 aliphatic carbocycles. The molecule has 110 valence electrons. The molecule has 0 bridgehead atoms. The van der Waals surface area contributed by atoms with E-state index in [4.69, 9.17) is 0 Å². The van der Waals surface area contributed by atoms with E-state index in [1.807, 2.05) is 36.4 Å². The van der Waals surface area contributed by atoms with Crippen LogP contribution in [0.4, 0.5) is 10.5 Å². The standard InChI is InChI=1S/C17H20N2O2/c20-12-13-4-3-9-19(11-13)17(21)18-16-8-7-14-5-1-2-6-15(14)10-16/h1-2,5-8,10,13,20H,3-4,9,11-12H2,(H,18,21). The number of carbonyl (C=O) groups excluding carboxylic acids is 1. The van der Waals surface area contributed by atoms with E-state index in [0.717, 1.165) is 35.8 Å². The highest BCUT2D eigenvalue weighted by molar-refractivity contribution is 5.93. The van der Waals surface area contributed by atoms with Gasteiger partial charge in [0.15, 0.2) is 0 Å². The Hall–Kier alpha value is -2.07. The van der Waals surface area contributed by atoms with Crippen LogP contribution in [0.1, 0.15) is 12.8 Å². The Bertz CT molecular complexity index is 641. The van der Waals surface area contributed by atoms with E-state index in [1.165, 1.54) is 0 Å². The van der Waals surface area contributed by atoms with E-state index in [-0.39, 0.29) is 18.6 Å². The Morgan fingerprint density at radius 2 is 2.05 bits per heavy atom. The molecule has 1 atom stereocenters. The molecule has 0 radical (unpaired) electrons. The number of aliphatic hydroxyl groups excluding tert-OH is 1. The van der Waals surface area contributed by atoms with E-state index in [1.54, 1.807) is 4.90 Å². The molecule has 2 aromatic rings. The fourth-order valence-electron chi connectivity index (χ4n) is 2.87. The molecule has 3 rings (SSSR count). The highest BCUT2D eigenvalue weighted by Gasteiger charge is 2.23. The van der Waals surface area contributed by atoms with Gasteiger partial charge in [-0.3, -0.25) is 0 Å². The molecule has 2 N–H and O–H groups in total. The van der Waals surface area contributed by atoms with Crippen molar-refractivity contribution in [2.75, 3.05) is 25.0 Å². The molecule has 4 heteroatoms. The summed E-state index contributed by atoms with van der Waals surface area (Å²) in [4.78, 5) is 14.1. The Morgan fingerprint density at radius 1 is 1.24 bits per heavy atom. The van der Waals surface area contributed by atoms with Crippen LogP contribution in [0.25, 0.3) is 10.8 Å². The van der Waals surface area contributed by atoms with E-state index >= 15 is 0 Å². The lowest BCUT2D eigenvalue weighted by Crippen LogP contribution is -2.43. The minimum Gasteiger partial charge on any atom is -0.396 e. The van der Waals surface area contributed by atoms with Gasteiger partial charge >= 0.3 is 6.03 Å². The topological polar surface area (TPSA) is 52.6 Å². The molecule has 2 aromatic carbocycles. The molecule has 2 amide bonds. The zero-order valence-electron chi connectivity index (χ0n) is 12.0. The number of rotatable bonds is 2. The Balaban J connectivity index is 1.70. The first-order chi connectivity index (χ1) is 10.3. The third kappa shape index (κ3) is 3.16. The van der Waals surface area contributed by atoms with Crippen LogP contribution >= 0.6 is 0 Å². The van der Waals surface area contributed by atoms with E-state index in [9.17, 15) is 9.90 Å². The summed E-state index contributed by atoms with van der Waals surface area (Å²) < 4.78 is 0. The first-order valence-corrected chi connectivity index (χ1v) is 7.42. The zero-order valence-corrected chi connectivity index (χ0v) is 12.0. The van der Waals surface area contributed by atoms with Crippen LogP contribution in [0, 0.1) is 5.92 Å². The summed E-state index contributed by atoms with van der Waals surface area (Å²) in [6, 6.07) is 13.9. The smallest absolute Gasteiger partial charge is 0.321 e. The number of anilines is 1. The number of carbonyl (C=O) groups is 1. The van der Waals surface area contributed by atoms with Crippen molar-refractivity contribution >= 4 is 22.5 Å². The first kappa shape index (κ1) is 13.9. The second-order valence-electron chi connectivity index (χ2n) is 5.63. The second kappa shape index (κ2) is 6.14. The molecule has 0 saturated carbocycles. The van der Waals surface area contributed by atoms with Crippen molar-refractivity contribution in [2.45, 2.75) is 12.8 Å². The van der Waals surface area contributed by atoms with Crippen molar-refractivity contribution in [1.29, 1.82) is 0 Å². The fourth-order valence-corrected chi connectivity index (χ4v) is 2.87. The number of urea groups is 1. The molecular formula is C17H20N2O2. The van der Waals surface area contributed by atoms with Crippen LogP contribution < -0.4 is 5.32 Å². The summed E-state index contributed by atoms with van der Waals surface area (Å²) in [5, 5.41) is 14.5. The van der Waals surface area contributed by atoms with E-state index < -0.39 is 0 Å². The minimum absolute atomic E-state index is 0.0802. The van der Waals surface area contributed by atoms with E-state index in [2.05, 4.69) is 11.4 Å². The average molecular weight is 284 g/mol. The third-order valence-electron chi connectivity index (χ3n) is 4.07. The SMILES string of the molecule is O=C(Nc1ccc2ccccc2c1)N1CCCC(CO)C1. The predicted octanol–water partition coefficient (Wildman–Crippen LogP) is 3.08. The third-order valence-corrected chi connectivity index (χ3v) is 4.07. The van der Waals surface area contributed by atoms with Crippen molar-refractivity contribution < 1.29 is 9.90 Å². The molecule has 0 spiro atoms. The van der Waals surface area contributed by atoms with Gasteiger partial charge in [-0.1, -0.05) is 30.3 Å². The quantitative estimate of drug-likeness (QED) is 0.890. The molecule has 21 heavy (non-hydrogen) atoms. The predicted molar refractivity (Wildman–Crippen MR) is 84.3 cm³/mol. The highest BCUT2D eigenvalue weighted by Crippen LogP contribution is 2.20. The Kier molecular flexibility index (Phi) is 4.06. The number of likely N-dealkylation sites (tertiary alicyclic amines) is 1. The van der Waals surface area contributed by atoms with Crippen LogP contribution in [-0.4, -0.2) is 35.7 Å². The lowest BCUT2D eigenvalue weighted by Gasteiger charge is -2.31. The summed E-state index contributed by atoms with van der Waals surface area (Å²) in [5.41, 5.74) is 0.810. The first-order valence-electron chi connectivity index (χ1n) is 7.42. The Labute approximate surface area is 124 Å². The number of aliphatic hydroxyl groups is 1. The van der Waals surface area contributed by atoms with Crippen molar-refractivity contribution in [1.82, 2.24) is 4.90 Å². The lowest BCUT2D eigenvalue weighted by molar-refractivity contribution is 0.136. The molecule has 1 aliphatic heterocycles. The normalized spacial score (nSPS) is 18.7. The number of amides is 2. The largest absolute Gasteiger partial charge is 0.396 e. The van der Waals surface area contributed by atoms with Gasteiger partial charge in [0.05, 0.1) is 0 Å². The van der Waals surface area contributed by atoms with Crippen molar-refractivity contribution in [3.63, 3.8) is 0 Å².